The van der Waals surface area contributed by atoms with E-state index in [0.717, 1.165) is 17.0 Å². The van der Waals surface area contributed by atoms with Gasteiger partial charge in [0.05, 0.1) is 5.39 Å². The molecular weight excluding hydrogens is 200 g/mol. The number of fused-ring (bicyclic) bond motifs is 1. The van der Waals surface area contributed by atoms with Crippen molar-refractivity contribution in [3.05, 3.63) is 18.6 Å². The highest BCUT2D eigenvalue weighted by molar-refractivity contribution is 5.86. The Morgan fingerprint density at radius 2 is 2.25 bits per heavy atom. The minimum Gasteiger partial charge on any atom is -0.383 e. The van der Waals surface area contributed by atoms with Crippen molar-refractivity contribution in [2.45, 2.75) is 32.2 Å². The molecule has 1 saturated carbocycles. The van der Waals surface area contributed by atoms with E-state index in [2.05, 4.69) is 27.7 Å². The summed E-state index contributed by atoms with van der Waals surface area (Å²) < 4.78 is 2.26. The lowest BCUT2D eigenvalue weighted by Crippen LogP contribution is -2.05. The van der Waals surface area contributed by atoms with Crippen molar-refractivity contribution in [1.82, 2.24) is 14.5 Å². The molecule has 0 aliphatic heterocycles. The summed E-state index contributed by atoms with van der Waals surface area (Å²) in [6, 6.07) is 2.61. The van der Waals surface area contributed by atoms with Gasteiger partial charge < -0.3 is 10.3 Å². The second kappa shape index (κ2) is 3.47. The first kappa shape index (κ1) is 9.63. The Balaban J connectivity index is 2.08. The Hall–Kier alpha value is -1.58. The molecule has 2 aromatic heterocycles. The Labute approximate surface area is 94.5 Å². The highest BCUT2D eigenvalue weighted by atomic mass is 15.1. The lowest BCUT2D eigenvalue weighted by Gasteiger charge is -2.12. The normalized spacial score (nSPS) is 25.3. The average molecular weight is 216 g/mol. The Kier molecular flexibility index (Phi) is 2.09. The Morgan fingerprint density at radius 3 is 3.00 bits per heavy atom. The third-order valence-corrected chi connectivity index (χ3v) is 3.60. The van der Waals surface area contributed by atoms with Gasteiger partial charge in [-0.25, -0.2) is 9.97 Å². The van der Waals surface area contributed by atoms with Crippen LogP contribution in [0.15, 0.2) is 18.6 Å². The SMILES string of the molecule is CC1CCC(n2ccc3c(N)ncnc32)C1. The van der Waals surface area contributed by atoms with Gasteiger partial charge in [-0.1, -0.05) is 6.92 Å². The third kappa shape index (κ3) is 1.37. The van der Waals surface area contributed by atoms with Crippen molar-refractivity contribution in [2.75, 3.05) is 5.73 Å². The third-order valence-electron chi connectivity index (χ3n) is 3.60. The molecule has 4 nitrogen and oxygen atoms in total. The van der Waals surface area contributed by atoms with Crippen LogP contribution in [0.3, 0.4) is 0 Å². The fourth-order valence-corrected chi connectivity index (χ4v) is 2.71. The number of nitrogen functional groups attached to an aromatic ring is 1. The van der Waals surface area contributed by atoms with Gasteiger partial charge >= 0.3 is 0 Å². The largest absolute Gasteiger partial charge is 0.383 e. The summed E-state index contributed by atoms with van der Waals surface area (Å²) in [6.45, 7) is 2.31. The molecular formula is C12H16N4. The summed E-state index contributed by atoms with van der Waals surface area (Å²) in [6.07, 6.45) is 7.44. The summed E-state index contributed by atoms with van der Waals surface area (Å²) in [5.74, 6) is 1.40. The second-order valence-corrected chi connectivity index (χ2v) is 4.79. The van der Waals surface area contributed by atoms with Crippen LogP contribution in [0.1, 0.15) is 32.2 Å². The van der Waals surface area contributed by atoms with Crippen LogP contribution in [0.5, 0.6) is 0 Å². The average Bonchev–Trinajstić information content (AvgIpc) is 2.84. The Morgan fingerprint density at radius 1 is 1.38 bits per heavy atom. The van der Waals surface area contributed by atoms with E-state index in [4.69, 9.17) is 5.73 Å². The highest BCUT2D eigenvalue weighted by Gasteiger charge is 2.24. The van der Waals surface area contributed by atoms with Gasteiger partial charge in [-0.05, 0) is 31.2 Å². The van der Waals surface area contributed by atoms with E-state index in [1.165, 1.54) is 19.3 Å². The van der Waals surface area contributed by atoms with Crippen LogP contribution in [0, 0.1) is 5.92 Å². The van der Waals surface area contributed by atoms with Crippen molar-refractivity contribution in [3.63, 3.8) is 0 Å². The van der Waals surface area contributed by atoms with E-state index in [9.17, 15) is 0 Å². The van der Waals surface area contributed by atoms with Gasteiger partial charge in [0, 0.05) is 12.2 Å². The molecule has 0 bridgehead atoms. The van der Waals surface area contributed by atoms with Gasteiger partial charge in [-0.2, -0.15) is 0 Å². The molecule has 0 amide bonds. The number of nitrogens with zero attached hydrogens (tertiary/aromatic N) is 3. The second-order valence-electron chi connectivity index (χ2n) is 4.79. The predicted molar refractivity (Wildman–Crippen MR) is 64.0 cm³/mol. The maximum Gasteiger partial charge on any atom is 0.145 e. The van der Waals surface area contributed by atoms with Crippen molar-refractivity contribution in [2.24, 2.45) is 5.92 Å². The van der Waals surface area contributed by atoms with Gasteiger partial charge in [-0.15, -0.1) is 0 Å². The molecule has 0 spiro atoms. The van der Waals surface area contributed by atoms with Crippen LogP contribution in [0.4, 0.5) is 5.82 Å². The Bertz CT molecular complexity index is 517. The highest BCUT2D eigenvalue weighted by Crippen LogP contribution is 2.36. The van der Waals surface area contributed by atoms with Gasteiger partial charge in [0.1, 0.15) is 17.8 Å². The fraction of sp³-hybridized carbons (Fsp3) is 0.500. The molecule has 2 aromatic rings. The molecule has 3 rings (SSSR count). The molecule has 16 heavy (non-hydrogen) atoms. The maximum atomic E-state index is 5.83. The number of nitrogens with two attached hydrogens (primary N) is 1. The molecule has 1 aliphatic carbocycles. The first-order valence-corrected chi connectivity index (χ1v) is 5.82. The van der Waals surface area contributed by atoms with Crippen LogP contribution >= 0.6 is 0 Å². The molecule has 1 fully saturated rings. The zero-order valence-corrected chi connectivity index (χ0v) is 9.43. The summed E-state index contributed by atoms with van der Waals surface area (Å²) in [7, 11) is 0. The smallest absolute Gasteiger partial charge is 0.145 e. The van der Waals surface area contributed by atoms with E-state index in [0.29, 0.717) is 11.9 Å². The lowest BCUT2D eigenvalue weighted by molar-refractivity contribution is 0.504. The van der Waals surface area contributed by atoms with Crippen molar-refractivity contribution >= 4 is 16.9 Å². The van der Waals surface area contributed by atoms with E-state index in [-0.39, 0.29) is 0 Å². The molecule has 2 heterocycles. The fourth-order valence-electron chi connectivity index (χ4n) is 2.71. The number of hydrogen-bond donors (Lipinski definition) is 1. The van der Waals surface area contributed by atoms with E-state index in [1.54, 1.807) is 6.33 Å². The van der Waals surface area contributed by atoms with Crippen molar-refractivity contribution in [1.29, 1.82) is 0 Å². The number of anilines is 1. The molecule has 4 heteroatoms. The van der Waals surface area contributed by atoms with E-state index in [1.807, 2.05) is 6.07 Å². The standard InChI is InChI=1S/C12H16N4/c1-8-2-3-9(6-8)16-5-4-10-11(13)14-7-15-12(10)16/h4-5,7-9H,2-3,6H2,1H3,(H2,13,14,15). The monoisotopic (exact) mass is 216 g/mol. The first-order chi connectivity index (χ1) is 7.75. The lowest BCUT2D eigenvalue weighted by atomic mass is 10.1. The van der Waals surface area contributed by atoms with Gasteiger partial charge in [0.2, 0.25) is 0 Å². The summed E-state index contributed by atoms with van der Waals surface area (Å²) in [4.78, 5) is 8.36. The van der Waals surface area contributed by atoms with Crippen LogP contribution in [0.25, 0.3) is 11.0 Å². The zero-order chi connectivity index (χ0) is 11.1. The number of aromatic nitrogens is 3. The van der Waals surface area contributed by atoms with E-state index >= 15 is 0 Å². The minimum absolute atomic E-state index is 0.579. The molecule has 0 radical (unpaired) electrons. The molecule has 0 aromatic carbocycles. The zero-order valence-electron chi connectivity index (χ0n) is 9.43. The minimum atomic E-state index is 0.579. The maximum absolute atomic E-state index is 5.83. The van der Waals surface area contributed by atoms with Crippen molar-refractivity contribution in [3.8, 4) is 0 Å². The summed E-state index contributed by atoms with van der Waals surface area (Å²) in [5, 5.41) is 0.974. The molecule has 1 aliphatic rings. The van der Waals surface area contributed by atoms with Gasteiger partial charge in [-0.3, -0.25) is 0 Å². The molecule has 2 unspecified atom stereocenters. The number of rotatable bonds is 1. The van der Waals surface area contributed by atoms with Crippen molar-refractivity contribution < 1.29 is 0 Å². The molecule has 2 atom stereocenters. The predicted octanol–water partition coefficient (Wildman–Crippen LogP) is 2.37. The molecule has 0 saturated heterocycles. The van der Waals surface area contributed by atoms with Crippen LogP contribution in [-0.2, 0) is 0 Å². The van der Waals surface area contributed by atoms with Crippen LogP contribution in [-0.4, -0.2) is 14.5 Å². The van der Waals surface area contributed by atoms with Crippen LogP contribution in [0.2, 0.25) is 0 Å². The first-order valence-electron chi connectivity index (χ1n) is 5.82. The quantitative estimate of drug-likeness (QED) is 0.796. The van der Waals surface area contributed by atoms with Gasteiger partial charge in [0.15, 0.2) is 0 Å². The summed E-state index contributed by atoms with van der Waals surface area (Å²) in [5.41, 5.74) is 6.81. The van der Waals surface area contributed by atoms with Crippen LogP contribution < -0.4 is 5.73 Å². The van der Waals surface area contributed by atoms with E-state index < -0.39 is 0 Å². The summed E-state index contributed by atoms with van der Waals surface area (Å²) >= 11 is 0. The van der Waals surface area contributed by atoms with Gasteiger partial charge in [0.25, 0.3) is 0 Å². The molecule has 84 valence electrons. The number of hydrogen-bond acceptors (Lipinski definition) is 3. The molecule has 2 N–H and O–H groups in total. The topological polar surface area (TPSA) is 56.7 Å².